The smallest absolute Gasteiger partial charge is 0.262 e. The number of rotatable bonds is 2. The van der Waals surface area contributed by atoms with E-state index in [1.54, 1.807) is 0 Å². The Morgan fingerprint density at radius 3 is 2.65 bits per heavy atom. The minimum atomic E-state index is 0.0612. The van der Waals surface area contributed by atoms with Gasteiger partial charge in [0.1, 0.15) is 0 Å². The van der Waals surface area contributed by atoms with Crippen LogP contribution in [-0.4, -0.2) is 16.1 Å². The van der Waals surface area contributed by atoms with E-state index >= 15 is 0 Å². The molecule has 0 fully saturated rings. The van der Waals surface area contributed by atoms with Gasteiger partial charge in [-0.15, -0.1) is 0 Å². The van der Waals surface area contributed by atoms with Crippen molar-refractivity contribution in [2.75, 3.05) is 11.4 Å². The molecule has 1 aromatic heterocycles. The molecular weight excluding hydrogens is 354 g/mol. The van der Waals surface area contributed by atoms with Crippen LogP contribution in [0.2, 0.25) is 0 Å². The number of aromatic nitrogens is 2. The van der Waals surface area contributed by atoms with E-state index in [0.29, 0.717) is 5.39 Å². The lowest BCUT2D eigenvalue weighted by Crippen LogP contribution is -2.38. The molecule has 4 rings (SSSR count). The second kappa shape index (κ2) is 5.81. The standard InChI is InChI=1S/C18H16BrN3O/c19-14-8-6-13(7-9-14)12-21-10-3-11-22-17(23)15-4-1-2-5-16(15)20-18(21)22/h1-2,4-9H,3,10-12H2. The molecule has 0 bridgehead atoms. The lowest BCUT2D eigenvalue weighted by atomic mass is 10.2. The number of hydrogen-bond acceptors (Lipinski definition) is 3. The van der Waals surface area contributed by atoms with E-state index in [2.05, 4.69) is 33.0 Å². The largest absolute Gasteiger partial charge is 0.338 e. The normalized spacial score (nSPS) is 14.0. The minimum absolute atomic E-state index is 0.0612. The van der Waals surface area contributed by atoms with Crippen molar-refractivity contribution in [2.24, 2.45) is 0 Å². The molecule has 0 N–H and O–H groups in total. The van der Waals surface area contributed by atoms with E-state index in [-0.39, 0.29) is 5.56 Å². The van der Waals surface area contributed by atoms with Gasteiger partial charge < -0.3 is 4.90 Å². The Morgan fingerprint density at radius 1 is 1.04 bits per heavy atom. The summed E-state index contributed by atoms with van der Waals surface area (Å²) in [4.78, 5) is 19.7. The van der Waals surface area contributed by atoms with Gasteiger partial charge in [0.25, 0.3) is 5.56 Å². The van der Waals surface area contributed by atoms with Crippen molar-refractivity contribution in [1.82, 2.24) is 9.55 Å². The Hall–Kier alpha value is -2.14. The molecule has 4 nitrogen and oxygen atoms in total. The number of halogens is 1. The van der Waals surface area contributed by atoms with Gasteiger partial charge in [0.2, 0.25) is 5.95 Å². The van der Waals surface area contributed by atoms with Gasteiger partial charge in [-0.25, -0.2) is 4.98 Å². The summed E-state index contributed by atoms with van der Waals surface area (Å²) in [6.07, 6.45) is 0.962. The molecule has 5 heteroatoms. The van der Waals surface area contributed by atoms with Crippen LogP contribution in [0.4, 0.5) is 5.95 Å². The number of nitrogens with zero attached hydrogens (tertiary/aromatic N) is 3. The van der Waals surface area contributed by atoms with Crippen LogP contribution in [0.15, 0.2) is 57.8 Å². The van der Waals surface area contributed by atoms with Crippen LogP contribution in [0.5, 0.6) is 0 Å². The van der Waals surface area contributed by atoms with Gasteiger partial charge in [-0.05, 0) is 36.2 Å². The van der Waals surface area contributed by atoms with Gasteiger partial charge in [0.05, 0.1) is 10.9 Å². The summed E-state index contributed by atoms with van der Waals surface area (Å²) >= 11 is 3.46. The van der Waals surface area contributed by atoms with Crippen molar-refractivity contribution >= 4 is 32.8 Å². The zero-order valence-electron chi connectivity index (χ0n) is 12.6. The van der Waals surface area contributed by atoms with Crippen molar-refractivity contribution < 1.29 is 0 Å². The molecule has 1 aliphatic heterocycles. The molecule has 0 atom stereocenters. The molecule has 0 saturated carbocycles. The third-order valence-electron chi connectivity index (χ3n) is 4.22. The van der Waals surface area contributed by atoms with E-state index in [9.17, 15) is 4.79 Å². The fraction of sp³-hybridized carbons (Fsp3) is 0.222. The number of anilines is 1. The number of para-hydroxylation sites is 1. The summed E-state index contributed by atoms with van der Waals surface area (Å²) in [7, 11) is 0. The SMILES string of the molecule is O=c1c2ccccc2nc2n1CCCN2Cc1ccc(Br)cc1. The molecule has 0 unspecified atom stereocenters. The third-order valence-corrected chi connectivity index (χ3v) is 4.75. The Kier molecular flexibility index (Phi) is 3.65. The maximum absolute atomic E-state index is 12.7. The van der Waals surface area contributed by atoms with Crippen LogP contribution >= 0.6 is 15.9 Å². The third kappa shape index (κ3) is 2.65. The van der Waals surface area contributed by atoms with Gasteiger partial charge in [0, 0.05) is 24.1 Å². The number of benzene rings is 2. The summed E-state index contributed by atoms with van der Waals surface area (Å²) in [6, 6.07) is 15.9. The van der Waals surface area contributed by atoms with Crippen LogP contribution in [-0.2, 0) is 13.1 Å². The molecule has 2 aromatic carbocycles. The van der Waals surface area contributed by atoms with Crippen LogP contribution < -0.4 is 10.5 Å². The fourth-order valence-electron chi connectivity index (χ4n) is 3.08. The van der Waals surface area contributed by atoms with Crippen molar-refractivity contribution in [3.05, 3.63) is 68.9 Å². The van der Waals surface area contributed by atoms with E-state index in [0.717, 1.165) is 42.0 Å². The second-order valence-corrected chi connectivity index (χ2v) is 6.70. The fourth-order valence-corrected chi connectivity index (χ4v) is 3.34. The Bertz CT molecular complexity index is 918. The predicted molar refractivity (Wildman–Crippen MR) is 95.8 cm³/mol. The van der Waals surface area contributed by atoms with Crippen LogP contribution in [0, 0.1) is 0 Å². The van der Waals surface area contributed by atoms with E-state index in [1.165, 1.54) is 5.56 Å². The van der Waals surface area contributed by atoms with Crippen molar-refractivity contribution in [1.29, 1.82) is 0 Å². The van der Waals surface area contributed by atoms with Gasteiger partial charge in [0.15, 0.2) is 0 Å². The predicted octanol–water partition coefficient (Wildman–Crippen LogP) is 3.57. The molecule has 0 saturated heterocycles. The average molecular weight is 370 g/mol. The Morgan fingerprint density at radius 2 is 1.83 bits per heavy atom. The summed E-state index contributed by atoms with van der Waals surface area (Å²) in [5, 5.41) is 0.696. The zero-order valence-corrected chi connectivity index (χ0v) is 14.2. The summed E-state index contributed by atoms with van der Waals surface area (Å²) in [5.74, 6) is 0.780. The average Bonchev–Trinajstić information content (AvgIpc) is 2.58. The molecule has 0 amide bonds. The Labute approximate surface area is 142 Å². The lowest BCUT2D eigenvalue weighted by Gasteiger charge is -2.31. The summed E-state index contributed by atoms with van der Waals surface area (Å²) < 4.78 is 2.88. The summed E-state index contributed by atoms with van der Waals surface area (Å²) in [6.45, 7) is 2.42. The minimum Gasteiger partial charge on any atom is -0.338 e. The van der Waals surface area contributed by atoms with E-state index in [4.69, 9.17) is 4.98 Å². The molecule has 23 heavy (non-hydrogen) atoms. The highest BCUT2D eigenvalue weighted by Gasteiger charge is 2.21. The van der Waals surface area contributed by atoms with Crippen molar-refractivity contribution in [3.8, 4) is 0 Å². The Balaban J connectivity index is 1.78. The van der Waals surface area contributed by atoms with Gasteiger partial charge in [-0.1, -0.05) is 40.2 Å². The molecule has 0 aliphatic carbocycles. The molecule has 0 spiro atoms. The van der Waals surface area contributed by atoms with Gasteiger partial charge in [-0.2, -0.15) is 0 Å². The molecule has 116 valence electrons. The molecule has 2 heterocycles. The monoisotopic (exact) mass is 369 g/mol. The quantitative estimate of drug-likeness (QED) is 0.692. The first kappa shape index (κ1) is 14.5. The van der Waals surface area contributed by atoms with Crippen LogP contribution in [0.1, 0.15) is 12.0 Å². The lowest BCUT2D eigenvalue weighted by molar-refractivity contribution is 0.535. The maximum atomic E-state index is 12.7. The first-order valence-electron chi connectivity index (χ1n) is 7.71. The topological polar surface area (TPSA) is 38.1 Å². The number of fused-ring (bicyclic) bond motifs is 2. The molecule has 0 radical (unpaired) electrons. The van der Waals surface area contributed by atoms with Gasteiger partial charge in [-0.3, -0.25) is 9.36 Å². The highest BCUT2D eigenvalue weighted by atomic mass is 79.9. The van der Waals surface area contributed by atoms with Crippen LogP contribution in [0.25, 0.3) is 10.9 Å². The molecule has 1 aliphatic rings. The van der Waals surface area contributed by atoms with Crippen LogP contribution in [0.3, 0.4) is 0 Å². The van der Waals surface area contributed by atoms with Gasteiger partial charge >= 0.3 is 0 Å². The van der Waals surface area contributed by atoms with Crippen molar-refractivity contribution in [3.63, 3.8) is 0 Å². The van der Waals surface area contributed by atoms with Crippen molar-refractivity contribution in [2.45, 2.75) is 19.5 Å². The zero-order chi connectivity index (χ0) is 15.8. The molecular formula is C18H16BrN3O. The molecule has 3 aromatic rings. The second-order valence-electron chi connectivity index (χ2n) is 5.79. The number of hydrogen-bond donors (Lipinski definition) is 0. The first-order valence-corrected chi connectivity index (χ1v) is 8.51. The van der Waals surface area contributed by atoms with E-state index in [1.807, 2.05) is 41.0 Å². The highest BCUT2D eigenvalue weighted by Crippen LogP contribution is 2.22. The van der Waals surface area contributed by atoms with E-state index < -0.39 is 0 Å². The summed E-state index contributed by atoms with van der Waals surface area (Å²) in [5.41, 5.74) is 2.04. The maximum Gasteiger partial charge on any atom is 0.262 e. The highest BCUT2D eigenvalue weighted by molar-refractivity contribution is 9.10. The first-order chi connectivity index (χ1) is 11.2.